The summed E-state index contributed by atoms with van der Waals surface area (Å²) in [6.07, 6.45) is 1.07. The number of amides is 1. The van der Waals surface area contributed by atoms with Crippen molar-refractivity contribution >= 4 is 30.1 Å². The quantitative estimate of drug-likeness (QED) is 0.893. The van der Waals surface area contributed by atoms with Crippen LogP contribution in [0.5, 0.6) is 0 Å². The largest absolute Gasteiger partial charge is 0.353 e. The Morgan fingerprint density at radius 1 is 1.38 bits per heavy atom. The smallest absolute Gasteiger partial charge is 0.230 e. The van der Waals surface area contributed by atoms with Crippen LogP contribution in [0.2, 0.25) is 0 Å². The molecular formula is C16H25ClN2OS. The molecule has 1 amide bonds. The zero-order chi connectivity index (χ0) is 14.6. The van der Waals surface area contributed by atoms with Gasteiger partial charge in [0.2, 0.25) is 5.91 Å². The number of rotatable bonds is 4. The molecule has 1 atom stereocenters. The molecule has 1 heterocycles. The Balaban J connectivity index is 0.00000220. The topological polar surface area (TPSA) is 41.1 Å². The lowest BCUT2D eigenvalue weighted by molar-refractivity contribution is -0.118. The fourth-order valence-electron chi connectivity index (χ4n) is 2.32. The minimum absolute atomic E-state index is 0. The monoisotopic (exact) mass is 328 g/mol. The summed E-state index contributed by atoms with van der Waals surface area (Å²) in [4.78, 5) is 11.9. The molecule has 21 heavy (non-hydrogen) atoms. The first-order valence-corrected chi connectivity index (χ1v) is 8.16. The SMILES string of the molecule is CC(C)(C)SCC(=O)NCC1NCCc2ccccc21.Cl. The lowest BCUT2D eigenvalue weighted by Gasteiger charge is -2.27. The Kier molecular flexibility index (Phi) is 7.04. The average Bonchev–Trinajstić information content (AvgIpc) is 2.42. The summed E-state index contributed by atoms with van der Waals surface area (Å²) in [7, 11) is 0. The second kappa shape index (κ2) is 8.06. The van der Waals surface area contributed by atoms with E-state index < -0.39 is 0 Å². The van der Waals surface area contributed by atoms with Gasteiger partial charge in [-0.05, 0) is 24.1 Å². The van der Waals surface area contributed by atoms with E-state index >= 15 is 0 Å². The van der Waals surface area contributed by atoms with Gasteiger partial charge in [-0.2, -0.15) is 0 Å². The van der Waals surface area contributed by atoms with E-state index in [4.69, 9.17) is 0 Å². The normalized spacial score (nSPS) is 17.6. The van der Waals surface area contributed by atoms with Crippen LogP contribution in [0.25, 0.3) is 0 Å². The molecule has 0 aromatic heterocycles. The summed E-state index contributed by atoms with van der Waals surface area (Å²) in [6, 6.07) is 8.72. The molecule has 1 aromatic rings. The van der Waals surface area contributed by atoms with E-state index in [0.717, 1.165) is 13.0 Å². The molecule has 3 nitrogen and oxygen atoms in total. The van der Waals surface area contributed by atoms with Gasteiger partial charge in [0.1, 0.15) is 0 Å². The van der Waals surface area contributed by atoms with Gasteiger partial charge in [-0.1, -0.05) is 45.0 Å². The number of nitrogens with one attached hydrogen (secondary N) is 2. The second-order valence-corrected chi connectivity index (χ2v) is 7.96. The molecule has 2 N–H and O–H groups in total. The number of hydrogen-bond donors (Lipinski definition) is 2. The zero-order valence-electron chi connectivity index (χ0n) is 12.9. The van der Waals surface area contributed by atoms with E-state index in [2.05, 4.69) is 55.7 Å². The molecule has 0 fully saturated rings. The van der Waals surface area contributed by atoms with Gasteiger partial charge in [-0.15, -0.1) is 24.2 Å². The van der Waals surface area contributed by atoms with Crippen molar-refractivity contribution in [3.05, 3.63) is 35.4 Å². The number of fused-ring (bicyclic) bond motifs is 1. The van der Waals surface area contributed by atoms with Gasteiger partial charge in [0.15, 0.2) is 0 Å². The molecule has 1 aliphatic heterocycles. The van der Waals surface area contributed by atoms with Crippen molar-refractivity contribution in [1.82, 2.24) is 10.6 Å². The summed E-state index contributed by atoms with van der Waals surface area (Å²) in [5.41, 5.74) is 2.72. The predicted molar refractivity (Wildman–Crippen MR) is 93.4 cm³/mol. The Bertz CT molecular complexity index is 474. The number of benzene rings is 1. The summed E-state index contributed by atoms with van der Waals surface area (Å²) >= 11 is 1.68. The molecule has 2 rings (SSSR count). The third-order valence-corrected chi connectivity index (χ3v) is 4.63. The fraction of sp³-hybridized carbons (Fsp3) is 0.562. The molecule has 0 saturated heterocycles. The maximum absolute atomic E-state index is 11.9. The summed E-state index contributed by atoms with van der Waals surface area (Å²) < 4.78 is 0.132. The van der Waals surface area contributed by atoms with Gasteiger partial charge < -0.3 is 10.6 Å². The van der Waals surface area contributed by atoms with Gasteiger partial charge in [-0.25, -0.2) is 0 Å². The number of hydrogen-bond acceptors (Lipinski definition) is 3. The van der Waals surface area contributed by atoms with Crippen molar-refractivity contribution < 1.29 is 4.79 Å². The minimum Gasteiger partial charge on any atom is -0.353 e. The Morgan fingerprint density at radius 3 is 2.81 bits per heavy atom. The molecule has 1 aliphatic rings. The van der Waals surface area contributed by atoms with Crippen molar-refractivity contribution in [2.75, 3.05) is 18.8 Å². The molecule has 1 unspecified atom stereocenters. The lowest BCUT2D eigenvalue weighted by atomic mass is 9.94. The molecule has 5 heteroatoms. The Labute approximate surface area is 138 Å². The third-order valence-electron chi connectivity index (χ3n) is 3.36. The predicted octanol–water partition coefficient (Wildman–Crippen LogP) is 2.94. The average molecular weight is 329 g/mol. The van der Waals surface area contributed by atoms with Crippen molar-refractivity contribution in [1.29, 1.82) is 0 Å². The standard InChI is InChI=1S/C16H24N2OS.ClH/c1-16(2,3)20-11-15(19)18-10-14-13-7-5-4-6-12(13)8-9-17-14;/h4-7,14,17H,8-11H2,1-3H3,(H,18,19);1H. The van der Waals surface area contributed by atoms with Crippen molar-refractivity contribution in [2.24, 2.45) is 0 Å². The van der Waals surface area contributed by atoms with Gasteiger partial charge >= 0.3 is 0 Å². The van der Waals surface area contributed by atoms with Gasteiger partial charge in [-0.3, -0.25) is 4.79 Å². The molecule has 0 aliphatic carbocycles. The van der Waals surface area contributed by atoms with E-state index in [1.165, 1.54) is 11.1 Å². The van der Waals surface area contributed by atoms with E-state index in [9.17, 15) is 4.79 Å². The Hall–Kier alpha value is -0.710. The highest BCUT2D eigenvalue weighted by Crippen LogP contribution is 2.23. The summed E-state index contributed by atoms with van der Waals surface area (Å²) in [5.74, 6) is 0.646. The van der Waals surface area contributed by atoms with Gasteiger partial charge in [0.05, 0.1) is 5.75 Å². The molecule has 118 valence electrons. The van der Waals surface area contributed by atoms with Crippen LogP contribution in [0.1, 0.15) is 37.9 Å². The number of thioether (sulfide) groups is 1. The first kappa shape index (κ1) is 18.3. The maximum atomic E-state index is 11.9. The molecule has 0 spiro atoms. The molecule has 0 bridgehead atoms. The summed E-state index contributed by atoms with van der Waals surface area (Å²) in [6.45, 7) is 8.03. The minimum atomic E-state index is 0. The first-order valence-electron chi connectivity index (χ1n) is 7.17. The van der Waals surface area contributed by atoms with Crippen LogP contribution >= 0.6 is 24.2 Å². The highest BCUT2D eigenvalue weighted by Gasteiger charge is 2.20. The molecule has 0 saturated carbocycles. The van der Waals surface area contributed by atoms with E-state index in [1.54, 1.807) is 11.8 Å². The van der Waals surface area contributed by atoms with Crippen molar-refractivity contribution in [2.45, 2.75) is 38.0 Å². The van der Waals surface area contributed by atoms with Crippen LogP contribution in [-0.2, 0) is 11.2 Å². The number of carbonyl (C=O) groups is 1. The van der Waals surface area contributed by atoms with Crippen LogP contribution in [0.15, 0.2) is 24.3 Å². The van der Waals surface area contributed by atoms with Gasteiger partial charge in [0, 0.05) is 17.3 Å². The van der Waals surface area contributed by atoms with E-state index in [-0.39, 0.29) is 29.1 Å². The first-order chi connectivity index (χ1) is 9.46. The lowest BCUT2D eigenvalue weighted by Crippen LogP contribution is -2.39. The number of carbonyl (C=O) groups excluding carboxylic acids is 1. The van der Waals surface area contributed by atoms with Crippen LogP contribution in [0.4, 0.5) is 0 Å². The molecule has 0 radical (unpaired) electrons. The van der Waals surface area contributed by atoms with E-state index in [0.29, 0.717) is 12.3 Å². The highest BCUT2D eigenvalue weighted by atomic mass is 35.5. The fourth-order valence-corrected chi connectivity index (χ4v) is 2.99. The van der Waals surface area contributed by atoms with Crippen molar-refractivity contribution in [3.8, 4) is 0 Å². The Morgan fingerprint density at radius 2 is 2.10 bits per heavy atom. The van der Waals surface area contributed by atoms with Crippen LogP contribution in [0, 0.1) is 0 Å². The highest BCUT2D eigenvalue weighted by molar-refractivity contribution is 8.01. The van der Waals surface area contributed by atoms with Crippen LogP contribution in [-0.4, -0.2) is 29.5 Å². The van der Waals surface area contributed by atoms with Gasteiger partial charge in [0.25, 0.3) is 0 Å². The maximum Gasteiger partial charge on any atom is 0.230 e. The van der Waals surface area contributed by atoms with Crippen LogP contribution < -0.4 is 10.6 Å². The second-order valence-electron chi connectivity index (χ2n) is 6.16. The third kappa shape index (κ3) is 5.89. The number of halogens is 1. The van der Waals surface area contributed by atoms with Crippen molar-refractivity contribution in [3.63, 3.8) is 0 Å². The van der Waals surface area contributed by atoms with Crippen LogP contribution in [0.3, 0.4) is 0 Å². The molecule has 1 aromatic carbocycles. The molecular weight excluding hydrogens is 304 g/mol. The zero-order valence-corrected chi connectivity index (χ0v) is 14.6. The van der Waals surface area contributed by atoms with E-state index in [1.807, 2.05) is 0 Å². The summed E-state index contributed by atoms with van der Waals surface area (Å²) in [5, 5.41) is 6.53.